The minimum atomic E-state index is -0.184. The third-order valence-electron chi connectivity index (χ3n) is 4.85. The topological polar surface area (TPSA) is 91.0 Å². The number of rotatable bonds is 3. The number of ether oxygens (including phenoxy) is 1. The molecule has 27 heavy (non-hydrogen) atoms. The minimum absolute atomic E-state index is 0.178. The zero-order chi connectivity index (χ0) is 18.5. The maximum absolute atomic E-state index is 13.3. The Labute approximate surface area is 153 Å². The van der Waals surface area contributed by atoms with Crippen molar-refractivity contribution in [2.45, 2.75) is 0 Å². The van der Waals surface area contributed by atoms with Crippen molar-refractivity contribution in [3.63, 3.8) is 0 Å². The number of aromatic hydroxyl groups is 1. The highest BCUT2D eigenvalue weighted by Crippen LogP contribution is 2.31. The minimum Gasteiger partial charge on any atom is -0.508 e. The van der Waals surface area contributed by atoms with Crippen molar-refractivity contribution >= 4 is 38.5 Å². The molecule has 5 rings (SSSR count). The summed E-state index contributed by atoms with van der Waals surface area (Å²) in [6.45, 7) is 0. The second-order valence-corrected chi connectivity index (χ2v) is 6.38. The molecular formula is C21H15N3O3. The van der Waals surface area contributed by atoms with Crippen molar-refractivity contribution in [1.29, 1.82) is 0 Å². The van der Waals surface area contributed by atoms with Crippen molar-refractivity contribution in [1.82, 2.24) is 15.0 Å². The van der Waals surface area contributed by atoms with Crippen LogP contribution in [0.5, 0.6) is 11.5 Å². The molecule has 3 heterocycles. The second-order valence-electron chi connectivity index (χ2n) is 6.38. The number of benzene rings is 2. The number of nitrogens with zero attached hydrogens (tertiary/aromatic N) is 1. The molecule has 2 aromatic carbocycles. The number of hydrogen-bond donors (Lipinski definition) is 3. The number of carbonyl (C=O) groups excluding carboxylic acids is 1. The van der Waals surface area contributed by atoms with Crippen LogP contribution >= 0.6 is 0 Å². The molecule has 0 amide bonds. The molecule has 6 nitrogen and oxygen atoms in total. The second kappa shape index (κ2) is 5.60. The van der Waals surface area contributed by atoms with Crippen LogP contribution < -0.4 is 4.74 Å². The van der Waals surface area contributed by atoms with Gasteiger partial charge in [0.25, 0.3) is 0 Å². The van der Waals surface area contributed by atoms with Gasteiger partial charge < -0.3 is 19.8 Å². The molecule has 0 atom stereocenters. The molecule has 0 fully saturated rings. The molecule has 0 spiro atoms. The first kappa shape index (κ1) is 15.5. The molecule has 0 aliphatic carbocycles. The number of phenols is 1. The first-order chi connectivity index (χ1) is 13.2. The molecule has 6 heteroatoms. The van der Waals surface area contributed by atoms with E-state index in [4.69, 9.17) is 4.74 Å². The van der Waals surface area contributed by atoms with E-state index in [-0.39, 0.29) is 11.5 Å². The van der Waals surface area contributed by atoms with Gasteiger partial charge in [-0.2, -0.15) is 0 Å². The van der Waals surface area contributed by atoms with E-state index in [1.165, 1.54) is 0 Å². The summed E-state index contributed by atoms with van der Waals surface area (Å²) in [5.41, 5.74) is 3.22. The summed E-state index contributed by atoms with van der Waals surface area (Å²) in [6.07, 6.45) is 3.31. The van der Waals surface area contributed by atoms with Crippen LogP contribution in [-0.4, -0.2) is 33.0 Å². The number of H-pyrrole nitrogens is 2. The molecular weight excluding hydrogens is 342 g/mol. The standard InChI is InChI=1S/C21H15N3O3/c1-27-12-3-5-17-15(9-12)16(10-23-17)21(26)20-19-13(6-7-22-20)14-8-11(25)2-4-18(14)24-19/h2-10,23-25H,1H3. The molecule has 0 unspecified atom stereocenters. The Morgan fingerprint density at radius 1 is 1.04 bits per heavy atom. The normalized spacial score (nSPS) is 11.4. The Morgan fingerprint density at radius 3 is 2.74 bits per heavy atom. The summed E-state index contributed by atoms with van der Waals surface area (Å²) in [6, 6.07) is 12.5. The molecule has 5 aromatic rings. The highest BCUT2D eigenvalue weighted by molar-refractivity contribution is 6.22. The monoisotopic (exact) mass is 357 g/mol. The van der Waals surface area contributed by atoms with Crippen LogP contribution in [-0.2, 0) is 0 Å². The maximum atomic E-state index is 13.3. The van der Waals surface area contributed by atoms with Crippen LogP contribution in [0.1, 0.15) is 16.1 Å². The van der Waals surface area contributed by atoms with Gasteiger partial charge in [-0.05, 0) is 42.5 Å². The van der Waals surface area contributed by atoms with Crippen LogP contribution in [0.4, 0.5) is 0 Å². The quantitative estimate of drug-likeness (QED) is 0.423. The van der Waals surface area contributed by atoms with Crippen LogP contribution in [0, 0.1) is 0 Å². The third-order valence-corrected chi connectivity index (χ3v) is 4.85. The van der Waals surface area contributed by atoms with Gasteiger partial charge in [0, 0.05) is 45.1 Å². The first-order valence-corrected chi connectivity index (χ1v) is 8.45. The van der Waals surface area contributed by atoms with Crippen LogP contribution in [0.2, 0.25) is 0 Å². The van der Waals surface area contributed by atoms with Gasteiger partial charge in [-0.25, -0.2) is 0 Å². The molecule has 3 N–H and O–H groups in total. The lowest BCUT2D eigenvalue weighted by Gasteiger charge is -2.03. The van der Waals surface area contributed by atoms with Crippen molar-refractivity contribution in [3.8, 4) is 11.5 Å². The lowest BCUT2D eigenvalue weighted by Crippen LogP contribution is -2.04. The summed E-state index contributed by atoms with van der Waals surface area (Å²) in [5, 5.41) is 12.3. The van der Waals surface area contributed by atoms with Gasteiger partial charge in [0.1, 0.15) is 17.2 Å². The average Bonchev–Trinajstić information content (AvgIpc) is 3.27. The van der Waals surface area contributed by atoms with Gasteiger partial charge >= 0.3 is 0 Å². The van der Waals surface area contributed by atoms with E-state index in [1.807, 2.05) is 24.3 Å². The number of aromatic nitrogens is 3. The summed E-state index contributed by atoms with van der Waals surface area (Å²) >= 11 is 0. The molecule has 0 aliphatic heterocycles. The fourth-order valence-corrected chi connectivity index (χ4v) is 3.53. The number of phenolic OH excluding ortho intramolecular Hbond substituents is 1. The van der Waals surface area contributed by atoms with E-state index in [0.29, 0.717) is 22.5 Å². The van der Waals surface area contributed by atoms with Gasteiger partial charge in [0.15, 0.2) is 0 Å². The highest BCUT2D eigenvalue weighted by Gasteiger charge is 2.20. The molecule has 0 bridgehead atoms. The SMILES string of the molecule is COc1ccc2[nH]cc(C(=O)c3nccc4c3[nH]c3ccc(O)cc34)c2c1. The van der Waals surface area contributed by atoms with Crippen LogP contribution in [0.15, 0.2) is 54.9 Å². The van der Waals surface area contributed by atoms with E-state index >= 15 is 0 Å². The fourth-order valence-electron chi connectivity index (χ4n) is 3.53. The average molecular weight is 357 g/mol. The lowest BCUT2D eigenvalue weighted by atomic mass is 10.0. The summed E-state index contributed by atoms with van der Waals surface area (Å²) < 4.78 is 5.28. The van der Waals surface area contributed by atoms with Gasteiger partial charge in [0.05, 0.1) is 12.6 Å². The summed E-state index contributed by atoms with van der Waals surface area (Å²) in [4.78, 5) is 24.0. The largest absolute Gasteiger partial charge is 0.508 e. The number of hydrogen-bond acceptors (Lipinski definition) is 4. The number of fused-ring (bicyclic) bond motifs is 4. The molecule has 0 radical (unpaired) electrons. The molecule has 0 saturated heterocycles. The number of ketones is 1. The zero-order valence-corrected chi connectivity index (χ0v) is 14.4. The fraction of sp³-hybridized carbons (Fsp3) is 0.0476. The molecule has 0 aliphatic rings. The Hall–Kier alpha value is -3.80. The van der Waals surface area contributed by atoms with Crippen molar-refractivity contribution in [3.05, 3.63) is 66.1 Å². The summed E-state index contributed by atoms with van der Waals surface area (Å²) in [7, 11) is 1.59. The number of pyridine rings is 1. The van der Waals surface area contributed by atoms with Crippen LogP contribution in [0.3, 0.4) is 0 Å². The van der Waals surface area contributed by atoms with Crippen molar-refractivity contribution in [2.24, 2.45) is 0 Å². The highest BCUT2D eigenvalue weighted by atomic mass is 16.5. The number of nitrogens with one attached hydrogen (secondary N) is 2. The number of methoxy groups -OCH3 is 1. The molecule has 0 saturated carbocycles. The molecule has 132 valence electrons. The molecule has 3 aromatic heterocycles. The van der Waals surface area contributed by atoms with E-state index < -0.39 is 0 Å². The van der Waals surface area contributed by atoms with Gasteiger partial charge in [0.2, 0.25) is 5.78 Å². The Balaban J connectivity index is 1.74. The number of carbonyl (C=O) groups is 1. The van der Waals surface area contributed by atoms with Gasteiger partial charge in [-0.15, -0.1) is 0 Å². The number of aromatic amines is 2. The predicted octanol–water partition coefficient (Wildman–Crippen LogP) is 4.14. The smallest absolute Gasteiger partial charge is 0.215 e. The zero-order valence-electron chi connectivity index (χ0n) is 14.4. The Bertz CT molecular complexity index is 1350. The lowest BCUT2D eigenvalue weighted by molar-refractivity contribution is 0.103. The maximum Gasteiger partial charge on any atom is 0.215 e. The van der Waals surface area contributed by atoms with E-state index in [1.54, 1.807) is 37.7 Å². The Morgan fingerprint density at radius 2 is 1.89 bits per heavy atom. The van der Waals surface area contributed by atoms with E-state index in [0.717, 1.165) is 27.2 Å². The first-order valence-electron chi connectivity index (χ1n) is 8.45. The van der Waals surface area contributed by atoms with Crippen LogP contribution in [0.25, 0.3) is 32.7 Å². The van der Waals surface area contributed by atoms with E-state index in [2.05, 4.69) is 15.0 Å². The van der Waals surface area contributed by atoms with Crippen molar-refractivity contribution in [2.75, 3.05) is 7.11 Å². The van der Waals surface area contributed by atoms with Crippen molar-refractivity contribution < 1.29 is 14.6 Å². The summed E-state index contributed by atoms with van der Waals surface area (Å²) in [5.74, 6) is 0.677. The third kappa shape index (κ3) is 2.27. The van der Waals surface area contributed by atoms with E-state index in [9.17, 15) is 9.90 Å². The predicted molar refractivity (Wildman–Crippen MR) is 104 cm³/mol. The van der Waals surface area contributed by atoms with Gasteiger partial charge in [-0.1, -0.05) is 0 Å². The Kier molecular flexibility index (Phi) is 3.21. The van der Waals surface area contributed by atoms with Gasteiger partial charge in [-0.3, -0.25) is 9.78 Å².